The van der Waals surface area contributed by atoms with E-state index in [2.05, 4.69) is 0 Å². The Balaban J connectivity index is 1.59. The van der Waals surface area contributed by atoms with Gasteiger partial charge in [-0.3, -0.25) is 9.59 Å². The lowest BCUT2D eigenvalue weighted by molar-refractivity contribution is -0.144. The zero-order valence-electron chi connectivity index (χ0n) is 11.0. The fourth-order valence-corrected chi connectivity index (χ4v) is 2.92. The first-order chi connectivity index (χ1) is 9.19. The second kappa shape index (κ2) is 5.09. The lowest BCUT2D eigenvalue weighted by Gasteiger charge is -2.33. The number of hydrogen-bond donors (Lipinski definition) is 1. The van der Waals surface area contributed by atoms with Crippen LogP contribution in [0.1, 0.15) is 19.3 Å². The van der Waals surface area contributed by atoms with Crippen molar-refractivity contribution in [2.75, 3.05) is 32.8 Å². The highest BCUT2D eigenvalue weighted by atomic mass is 16.5. The quantitative estimate of drug-likeness (QED) is 0.729. The van der Waals surface area contributed by atoms with E-state index in [1.165, 1.54) is 0 Å². The van der Waals surface area contributed by atoms with Crippen molar-refractivity contribution in [1.29, 1.82) is 0 Å². The zero-order chi connectivity index (χ0) is 13.4. The summed E-state index contributed by atoms with van der Waals surface area (Å²) < 4.78 is 5.34. The van der Waals surface area contributed by atoms with Crippen LogP contribution in [-0.4, -0.2) is 71.7 Å². The molecule has 2 atom stereocenters. The average molecular weight is 268 g/mol. The third-order valence-electron chi connectivity index (χ3n) is 4.15. The molecule has 0 spiro atoms. The molecule has 0 aromatic rings. The minimum absolute atomic E-state index is 0.0400. The molecule has 2 amide bonds. The zero-order valence-corrected chi connectivity index (χ0v) is 11.0. The van der Waals surface area contributed by atoms with Gasteiger partial charge in [0.05, 0.1) is 25.2 Å². The van der Waals surface area contributed by atoms with E-state index in [1.54, 1.807) is 4.90 Å². The number of carbonyl (C=O) groups excluding carboxylic acids is 2. The Labute approximate surface area is 112 Å². The van der Waals surface area contributed by atoms with E-state index in [-0.39, 0.29) is 30.4 Å². The van der Waals surface area contributed by atoms with Crippen LogP contribution < -0.4 is 0 Å². The first kappa shape index (κ1) is 12.9. The number of carbonyl (C=O) groups is 2. The van der Waals surface area contributed by atoms with Crippen LogP contribution in [0, 0.1) is 5.92 Å². The van der Waals surface area contributed by atoms with E-state index >= 15 is 0 Å². The normalized spacial score (nSPS) is 31.9. The minimum atomic E-state index is -0.283. The molecule has 0 aromatic heterocycles. The minimum Gasteiger partial charge on any atom is -0.394 e. The van der Waals surface area contributed by atoms with Gasteiger partial charge in [-0.2, -0.15) is 0 Å². The molecule has 1 saturated carbocycles. The summed E-state index contributed by atoms with van der Waals surface area (Å²) >= 11 is 0. The fraction of sp³-hybridized carbons (Fsp3) is 0.846. The van der Waals surface area contributed by atoms with Crippen LogP contribution in [-0.2, 0) is 14.3 Å². The lowest BCUT2D eigenvalue weighted by atomic mass is 10.1. The molecule has 3 aliphatic rings. The Bertz CT molecular complexity index is 383. The molecule has 1 aliphatic carbocycles. The number of nitrogens with zero attached hydrogens (tertiary/aromatic N) is 2. The summed E-state index contributed by atoms with van der Waals surface area (Å²) in [4.78, 5) is 27.9. The predicted molar refractivity (Wildman–Crippen MR) is 66.2 cm³/mol. The van der Waals surface area contributed by atoms with Gasteiger partial charge in [-0.05, 0) is 12.8 Å². The summed E-state index contributed by atoms with van der Waals surface area (Å²) in [5.74, 6) is -0.0448. The standard InChI is InChI=1S/C13H20N2O4/c16-8-11-7-14(3-4-19-11)13(18)9-5-12(17)15(6-9)10-1-2-10/h9-11,16H,1-8H2. The van der Waals surface area contributed by atoms with Crippen molar-refractivity contribution in [2.24, 2.45) is 5.92 Å². The van der Waals surface area contributed by atoms with Crippen molar-refractivity contribution in [3.8, 4) is 0 Å². The van der Waals surface area contributed by atoms with Crippen molar-refractivity contribution in [2.45, 2.75) is 31.4 Å². The van der Waals surface area contributed by atoms with E-state index < -0.39 is 0 Å². The van der Waals surface area contributed by atoms with Gasteiger partial charge in [0.1, 0.15) is 0 Å². The maximum Gasteiger partial charge on any atom is 0.228 e. The molecule has 6 nitrogen and oxygen atoms in total. The third-order valence-corrected chi connectivity index (χ3v) is 4.15. The fourth-order valence-electron chi connectivity index (χ4n) is 2.92. The van der Waals surface area contributed by atoms with E-state index in [9.17, 15) is 9.59 Å². The van der Waals surface area contributed by atoms with Crippen LogP contribution in [0.25, 0.3) is 0 Å². The molecule has 6 heteroatoms. The Morgan fingerprint density at radius 1 is 1.37 bits per heavy atom. The molecule has 0 radical (unpaired) electrons. The van der Waals surface area contributed by atoms with E-state index in [1.807, 2.05) is 4.90 Å². The smallest absolute Gasteiger partial charge is 0.228 e. The van der Waals surface area contributed by atoms with Crippen LogP contribution in [0.3, 0.4) is 0 Å². The maximum atomic E-state index is 12.4. The summed E-state index contributed by atoms with van der Waals surface area (Å²) in [5, 5.41) is 9.10. The summed E-state index contributed by atoms with van der Waals surface area (Å²) in [7, 11) is 0. The topological polar surface area (TPSA) is 70.1 Å². The predicted octanol–water partition coefficient (Wildman–Crippen LogP) is -0.783. The number of rotatable bonds is 3. The van der Waals surface area contributed by atoms with Gasteiger partial charge in [-0.15, -0.1) is 0 Å². The monoisotopic (exact) mass is 268 g/mol. The van der Waals surface area contributed by atoms with Crippen LogP contribution in [0.15, 0.2) is 0 Å². The SMILES string of the molecule is O=C(C1CC(=O)N(C2CC2)C1)N1CCOC(CO)C1. The molecule has 3 fully saturated rings. The first-order valence-electron chi connectivity index (χ1n) is 6.99. The molecule has 2 aliphatic heterocycles. The molecule has 106 valence electrons. The van der Waals surface area contributed by atoms with Crippen molar-refractivity contribution in [1.82, 2.24) is 9.80 Å². The first-order valence-corrected chi connectivity index (χ1v) is 6.99. The molecular formula is C13H20N2O4. The molecular weight excluding hydrogens is 248 g/mol. The van der Waals surface area contributed by atoms with Gasteiger partial charge in [-0.25, -0.2) is 0 Å². The molecule has 1 N–H and O–H groups in total. The largest absolute Gasteiger partial charge is 0.394 e. The van der Waals surface area contributed by atoms with Gasteiger partial charge in [-0.1, -0.05) is 0 Å². The van der Waals surface area contributed by atoms with Crippen LogP contribution in [0.5, 0.6) is 0 Å². The number of morpholine rings is 1. The molecule has 0 aromatic carbocycles. The maximum absolute atomic E-state index is 12.4. The molecule has 3 rings (SSSR count). The van der Waals surface area contributed by atoms with Crippen LogP contribution >= 0.6 is 0 Å². The molecule has 0 bridgehead atoms. The van der Waals surface area contributed by atoms with E-state index in [0.717, 1.165) is 12.8 Å². The van der Waals surface area contributed by atoms with E-state index in [4.69, 9.17) is 9.84 Å². The van der Waals surface area contributed by atoms with Crippen molar-refractivity contribution < 1.29 is 19.4 Å². The van der Waals surface area contributed by atoms with Crippen LogP contribution in [0.4, 0.5) is 0 Å². The van der Waals surface area contributed by atoms with Gasteiger partial charge in [0.2, 0.25) is 11.8 Å². The Kier molecular flexibility index (Phi) is 3.45. The molecule has 2 heterocycles. The highest BCUT2D eigenvalue weighted by Crippen LogP contribution is 2.33. The van der Waals surface area contributed by atoms with Crippen molar-refractivity contribution in [3.63, 3.8) is 0 Å². The Morgan fingerprint density at radius 3 is 2.84 bits per heavy atom. The summed E-state index contributed by atoms with van der Waals surface area (Å²) in [6.07, 6.45) is 2.22. The van der Waals surface area contributed by atoms with Crippen molar-refractivity contribution in [3.05, 3.63) is 0 Å². The number of ether oxygens (including phenoxy) is 1. The summed E-state index contributed by atoms with van der Waals surface area (Å²) in [5.41, 5.74) is 0. The highest BCUT2D eigenvalue weighted by Gasteiger charge is 2.43. The summed E-state index contributed by atoms with van der Waals surface area (Å²) in [6, 6.07) is 0.389. The van der Waals surface area contributed by atoms with Gasteiger partial charge in [0.25, 0.3) is 0 Å². The number of hydrogen-bond acceptors (Lipinski definition) is 4. The number of aliphatic hydroxyl groups excluding tert-OH is 1. The summed E-state index contributed by atoms with van der Waals surface area (Å²) in [6.45, 7) is 1.96. The lowest BCUT2D eigenvalue weighted by Crippen LogP contribution is -2.49. The van der Waals surface area contributed by atoms with Gasteiger partial charge >= 0.3 is 0 Å². The Morgan fingerprint density at radius 2 is 2.16 bits per heavy atom. The second-order valence-electron chi connectivity index (χ2n) is 5.64. The highest BCUT2D eigenvalue weighted by molar-refractivity contribution is 5.89. The number of aliphatic hydroxyl groups is 1. The third kappa shape index (κ3) is 2.60. The van der Waals surface area contributed by atoms with Crippen LogP contribution in [0.2, 0.25) is 0 Å². The number of amides is 2. The average Bonchev–Trinajstić information content (AvgIpc) is 3.21. The van der Waals surface area contributed by atoms with Crippen molar-refractivity contribution >= 4 is 11.8 Å². The molecule has 2 saturated heterocycles. The Hall–Kier alpha value is -1.14. The van der Waals surface area contributed by atoms with E-state index in [0.29, 0.717) is 38.7 Å². The second-order valence-corrected chi connectivity index (χ2v) is 5.64. The number of likely N-dealkylation sites (tertiary alicyclic amines) is 1. The molecule has 2 unspecified atom stereocenters. The van der Waals surface area contributed by atoms with Gasteiger partial charge in [0, 0.05) is 32.1 Å². The molecule has 19 heavy (non-hydrogen) atoms. The van der Waals surface area contributed by atoms with Gasteiger partial charge in [0.15, 0.2) is 0 Å². The van der Waals surface area contributed by atoms with Gasteiger partial charge < -0.3 is 19.6 Å².